The summed E-state index contributed by atoms with van der Waals surface area (Å²) in [5.41, 5.74) is 0. The van der Waals surface area contributed by atoms with Gasteiger partial charge in [0.15, 0.2) is 0 Å². The van der Waals surface area contributed by atoms with Gasteiger partial charge in [-0.3, -0.25) is 0 Å². The third-order valence-electron chi connectivity index (χ3n) is 3.43. The summed E-state index contributed by atoms with van der Waals surface area (Å²) in [5.74, 6) is 0.786. The van der Waals surface area contributed by atoms with Gasteiger partial charge in [0.05, 0.1) is 7.11 Å². The van der Waals surface area contributed by atoms with E-state index in [4.69, 9.17) is 4.74 Å². The lowest BCUT2D eigenvalue weighted by atomic mass is 10.1. The zero-order valence-electron chi connectivity index (χ0n) is 11.3. The van der Waals surface area contributed by atoms with Crippen LogP contribution in [0.15, 0.2) is 29.2 Å². The normalized spacial score (nSPS) is 20.6. The third-order valence-corrected chi connectivity index (χ3v) is 5.33. The van der Waals surface area contributed by atoms with Crippen molar-refractivity contribution in [3.05, 3.63) is 24.3 Å². The molecule has 19 heavy (non-hydrogen) atoms. The molecule has 1 unspecified atom stereocenters. The molecule has 1 heterocycles. The lowest BCUT2D eigenvalue weighted by Gasteiger charge is -2.18. The summed E-state index contributed by atoms with van der Waals surface area (Å²) in [5, 5.41) is 3.10. The van der Waals surface area contributed by atoms with Crippen LogP contribution in [0.2, 0.25) is 0 Å². The summed E-state index contributed by atoms with van der Waals surface area (Å²) in [6, 6.07) is 6.76. The Morgan fingerprint density at radius 2 is 2.16 bits per heavy atom. The molecule has 1 aromatic carbocycles. The van der Waals surface area contributed by atoms with Crippen molar-refractivity contribution in [1.82, 2.24) is 9.62 Å². The van der Waals surface area contributed by atoms with E-state index >= 15 is 0 Å². The molecular weight excluding hydrogens is 264 g/mol. The minimum absolute atomic E-state index is 0.252. The molecule has 1 aromatic rings. The Kier molecular flexibility index (Phi) is 4.44. The van der Waals surface area contributed by atoms with Crippen LogP contribution in [-0.2, 0) is 10.0 Å². The first kappa shape index (κ1) is 14.3. The zero-order valence-corrected chi connectivity index (χ0v) is 12.1. The van der Waals surface area contributed by atoms with E-state index in [0.29, 0.717) is 24.8 Å². The van der Waals surface area contributed by atoms with Crippen LogP contribution in [0.1, 0.15) is 6.42 Å². The van der Waals surface area contributed by atoms with Gasteiger partial charge in [-0.15, -0.1) is 0 Å². The maximum absolute atomic E-state index is 12.6. The molecule has 1 N–H and O–H groups in total. The van der Waals surface area contributed by atoms with Crippen molar-refractivity contribution < 1.29 is 13.2 Å². The van der Waals surface area contributed by atoms with E-state index < -0.39 is 10.0 Å². The van der Waals surface area contributed by atoms with Crippen LogP contribution in [0.25, 0.3) is 0 Å². The van der Waals surface area contributed by atoms with Crippen LogP contribution in [0.4, 0.5) is 0 Å². The molecule has 5 nitrogen and oxygen atoms in total. The minimum Gasteiger partial charge on any atom is -0.495 e. The molecular formula is C13H20N2O3S. The molecule has 1 atom stereocenters. The van der Waals surface area contributed by atoms with Crippen LogP contribution in [0.3, 0.4) is 0 Å². The molecule has 0 radical (unpaired) electrons. The van der Waals surface area contributed by atoms with Crippen molar-refractivity contribution in [3.8, 4) is 5.75 Å². The largest absolute Gasteiger partial charge is 0.495 e. The van der Waals surface area contributed by atoms with E-state index in [1.54, 1.807) is 28.6 Å². The van der Waals surface area contributed by atoms with Gasteiger partial charge >= 0.3 is 0 Å². The lowest BCUT2D eigenvalue weighted by Crippen LogP contribution is -2.30. The van der Waals surface area contributed by atoms with Crippen molar-refractivity contribution in [2.75, 3.05) is 33.8 Å². The maximum Gasteiger partial charge on any atom is 0.246 e. The average Bonchev–Trinajstić information content (AvgIpc) is 2.88. The number of ether oxygens (including phenoxy) is 1. The Bertz CT molecular complexity index is 530. The van der Waals surface area contributed by atoms with E-state index in [9.17, 15) is 8.42 Å². The summed E-state index contributed by atoms with van der Waals surface area (Å²) < 4.78 is 31.9. The van der Waals surface area contributed by atoms with E-state index in [2.05, 4.69) is 5.32 Å². The van der Waals surface area contributed by atoms with E-state index in [1.165, 1.54) is 7.11 Å². The van der Waals surface area contributed by atoms with E-state index in [0.717, 1.165) is 13.0 Å². The Morgan fingerprint density at radius 3 is 2.84 bits per heavy atom. The zero-order chi connectivity index (χ0) is 13.9. The highest BCUT2D eigenvalue weighted by Gasteiger charge is 2.33. The highest BCUT2D eigenvalue weighted by Crippen LogP contribution is 2.29. The molecule has 6 heteroatoms. The predicted molar refractivity (Wildman–Crippen MR) is 73.8 cm³/mol. The van der Waals surface area contributed by atoms with Gasteiger partial charge in [0.2, 0.25) is 10.0 Å². The van der Waals surface area contributed by atoms with Gasteiger partial charge in [-0.25, -0.2) is 8.42 Å². The Labute approximate surface area is 114 Å². The predicted octanol–water partition coefficient (Wildman–Crippen LogP) is 0.925. The van der Waals surface area contributed by atoms with Crippen molar-refractivity contribution >= 4 is 10.0 Å². The van der Waals surface area contributed by atoms with Crippen LogP contribution in [0, 0.1) is 5.92 Å². The number of rotatable bonds is 5. The number of para-hydroxylation sites is 1. The lowest BCUT2D eigenvalue weighted by molar-refractivity contribution is 0.397. The van der Waals surface area contributed by atoms with Gasteiger partial charge in [0, 0.05) is 13.1 Å². The van der Waals surface area contributed by atoms with Crippen molar-refractivity contribution in [1.29, 1.82) is 0 Å². The monoisotopic (exact) mass is 284 g/mol. The van der Waals surface area contributed by atoms with E-state index in [-0.39, 0.29) is 4.90 Å². The highest BCUT2D eigenvalue weighted by molar-refractivity contribution is 7.89. The molecule has 1 aliphatic rings. The van der Waals surface area contributed by atoms with E-state index in [1.807, 2.05) is 7.05 Å². The van der Waals surface area contributed by atoms with Crippen molar-refractivity contribution in [2.24, 2.45) is 5.92 Å². The molecule has 2 rings (SSSR count). The smallest absolute Gasteiger partial charge is 0.246 e. The molecule has 106 valence electrons. The van der Waals surface area contributed by atoms with Gasteiger partial charge in [0.1, 0.15) is 10.6 Å². The summed E-state index contributed by atoms with van der Waals surface area (Å²) >= 11 is 0. The molecule has 0 amide bonds. The summed E-state index contributed by atoms with van der Waals surface area (Å²) in [7, 11) is -0.0776. The quantitative estimate of drug-likeness (QED) is 0.874. The fourth-order valence-corrected chi connectivity index (χ4v) is 4.13. The SMILES string of the molecule is CNCC1CCN(S(=O)(=O)c2ccccc2OC)C1. The molecule has 1 fully saturated rings. The molecule has 0 bridgehead atoms. The van der Waals surface area contributed by atoms with Gasteiger partial charge in [0.25, 0.3) is 0 Å². The number of methoxy groups -OCH3 is 1. The molecule has 0 aromatic heterocycles. The maximum atomic E-state index is 12.6. The molecule has 0 aliphatic carbocycles. The number of nitrogens with zero attached hydrogens (tertiary/aromatic N) is 1. The average molecular weight is 284 g/mol. The molecule has 0 saturated carbocycles. The van der Waals surface area contributed by atoms with Gasteiger partial charge < -0.3 is 10.1 Å². The summed E-state index contributed by atoms with van der Waals surface area (Å²) in [4.78, 5) is 0.252. The third kappa shape index (κ3) is 2.91. The Morgan fingerprint density at radius 1 is 1.42 bits per heavy atom. The van der Waals surface area contributed by atoms with Crippen LogP contribution >= 0.6 is 0 Å². The number of nitrogens with one attached hydrogen (secondary N) is 1. The Balaban J connectivity index is 2.24. The van der Waals surface area contributed by atoms with Gasteiger partial charge in [-0.05, 0) is 38.1 Å². The number of sulfonamides is 1. The summed E-state index contributed by atoms with van der Waals surface area (Å²) in [6.07, 6.45) is 0.898. The Hall–Kier alpha value is -1.11. The summed E-state index contributed by atoms with van der Waals surface area (Å²) in [6.45, 7) is 1.99. The molecule has 1 saturated heterocycles. The number of hydrogen-bond acceptors (Lipinski definition) is 4. The first-order chi connectivity index (χ1) is 9.09. The van der Waals surface area contributed by atoms with Crippen molar-refractivity contribution in [3.63, 3.8) is 0 Å². The second-order valence-corrected chi connectivity index (χ2v) is 6.63. The van der Waals surface area contributed by atoms with Gasteiger partial charge in [-0.2, -0.15) is 4.31 Å². The van der Waals surface area contributed by atoms with Crippen LogP contribution in [0.5, 0.6) is 5.75 Å². The number of hydrogen-bond donors (Lipinski definition) is 1. The van der Waals surface area contributed by atoms with Crippen LogP contribution < -0.4 is 10.1 Å². The first-order valence-corrected chi connectivity index (χ1v) is 7.81. The first-order valence-electron chi connectivity index (χ1n) is 6.37. The topological polar surface area (TPSA) is 58.6 Å². The minimum atomic E-state index is -3.45. The van der Waals surface area contributed by atoms with Crippen molar-refractivity contribution in [2.45, 2.75) is 11.3 Å². The fourth-order valence-electron chi connectivity index (χ4n) is 2.44. The second-order valence-electron chi connectivity index (χ2n) is 4.73. The number of benzene rings is 1. The van der Waals surface area contributed by atoms with Crippen LogP contribution in [-0.4, -0.2) is 46.5 Å². The molecule has 0 spiro atoms. The highest BCUT2D eigenvalue weighted by atomic mass is 32.2. The molecule has 1 aliphatic heterocycles. The second kappa shape index (κ2) is 5.90. The fraction of sp³-hybridized carbons (Fsp3) is 0.538. The van der Waals surface area contributed by atoms with Gasteiger partial charge in [-0.1, -0.05) is 12.1 Å². The standard InChI is InChI=1S/C13H20N2O3S/c1-14-9-11-7-8-15(10-11)19(16,17)13-6-4-3-5-12(13)18-2/h3-6,11,14H,7-10H2,1-2H3.